The van der Waals surface area contributed by atoms with Crippen LogP contribution in [0.4, 0.5) is 14.5 Å². The number of halogens is 2. The molecule has 3 nitrogen and oxygen atoms in total. The standard InChI is InChI=1S/C15H20F2N2O/c1-15(11-2-3-11)10-19(9-8-18-15)12-4-6-13(7-5-12)20-14(16)17/h4-7,11,14,18H,2-3,8-10H2,1H3. The van der Waals surface area contributed by atoms with E-state index in [4.69, 9.17) is 0 Å². The molecule has 1 aliphatic heterocycles. The molecule has 1 saturated carbocycles. The highest BCUT2D eigenvalue weighted by Crippen LogP contribution is 2.41. The van der Waals surface area contributed by atoms with Gasteiger partial charge in [0.05, 0.1) is 0 Å². The minimum Gasteiger partial charge on any atom is -0.435 e. The highest BCUT2D eigenvalue weighted by Gasteiger charge is 2.43. The first-order valence-electron chi connectivity index (χ1n) is 7.12. The summed E-state index contributed by atoms with van der Waals surface area (Å²) in [5, 5.41) is 3.63. The summed E-state index contributed by atoms with van der Waals surface area (Å²) in [5.74, 6) is 0.982. The van der Waals surface area contributed by atoms with Crippen LogP contribution >= 0.6 is 0 Å². The third-order valence-electron chi connectivity index (χ3n) is 4.34. The molecule has 1 aliphatic carbocycles. The highest BCUT2D eigenvalue weighted by atomic mass is 19.3. The van der Waals surface area contributed by atoms with Crippen molar-refractivity contribution in [2.75, 3.05) is 24.5 Å². The van der Waals surface area contributed by atoms with Crippen molar-refractivity contribution in [3.8, 4) is 5.75 Å². The average molecular weight is 282 g/mol. The molecular formula is C15H20F2N2O. The van der Waals surface area contributed by atoms with Crippen molar-refractivity contribution in [2.24, 2.45) is 5.92 Å². The van der Waals surface area contributed by atoms with Gasteiger partial charge in [0.15, 0.2) is 0 Å². The van der Waals surface area contributed by atoms with Gasteiger partial charge < -0.3 is 15.0 Å². The summed E-state index contributed by atoms with van der Waals surface area (Å²) >= 11 is 0. The number of hydrogen-bond donors (Lipinski definition) is 1. The summed E-state index contributed by atoms with van der Waals surface area (Å²) in [6, 6.07) is 6.93. The van der Waals surface area contributed by atoms with Crippen LogP contribution in [0.3, 0.4) is 0 Å². The summed E-state index contributed by atoms with van der Waals surface area (Å²) in [4.78, 5) is 2.32. The minimum atomic E-state index is -2.77. The largest absolute Gasteiger partial charge is 0.435 e. The van der Waals surface area contributed by atoms with Gasteiger partial charge in [-0.15, -0.1) is 0 Å². The maximum Gasteiger partial charge on any atom is 0.387 e. The SMILES string of the molecule is CC1(C2CC2)CN(c2ccc(OC(F)F)cc2)CCN1. The molecule has 1 N–H and O–H groups in total. The molecule has 2 fully saturated rings. The molecular weight excluding hydrogens is 262 g/mol. The number of nitrogens with zero attached hydrogens (tertiary/aromatic N) is 1. The second kappa shape index (κ2) is 5.20. The summed E-state index contributed by atoms with van der Waals surface area (Å²) in [5.41, 5.74) is 1.25. The van der Waals surface area contributed by atoms with Crippen LogP contribution in [-0.2, 0) is 0 Å². The van der Waals surface area contributed by atoms with Gasteiger partial charge >= 0.3 is 6.61 Å². The first kappa shape index (κ1) is 13.6. The molecule has 0 spiro atoms. The molecule has 1 heterocycles. The maximum absolute atomic E-state index is 12.1. The van der Waals surface area contributed by atoms with E-state index in [1.165, 1.54) is 12.8 Å². The Kier molecular flexibility index (Phi) is 3.54. The van der Waals surface area contributed by atoms with E-state index in [-0.39, 0.29) is 11.3 Å². The normalized spacial score (nSPS) is 26.9. The van der Waals surface area contributed by atoms with Gasteiger partial charge in [-0.1, -0.05) is 0 Å². The fraction of sp³-hybridized carbons (Fsp3) is 0.600. The van der Waals surface area contributed by atoms with Crippen LogP contribution in [0.1, 0.15) is 19.8 Å². The van der Waals surface area contributed by atoms with Gasteiger partial charge in [0.2, 0.25) is 0 Å². The van der Waals surface area contributed by atoms with E-state index >= 15 is 0 Å². The second-order valence-electron chi connectivity index (χ2n) is 5.91. The Morgan fingerprint density at radius 3 is 2.60 bits per heavy atom. The van der Waals surface area contributed by atoms with Crippen LogP contribution in [-0.4, -0.2) is 31.8 Å². The molecule has 3 rings (SSSR count). The molecule has 0 aromatic heterocycles. The maximum atomic E-state index is 12.1. The Hall–Kier alpha value is -1.36. The number of nitrogens with one attached hydrogen (secondary N) is 1. The smallest absolute Gasteiger partial charge is 0.387 e. The van der Waals surface area contributed by atoms with E-state index in [9.17, 15) is 8.78 Å². The summed E-state index contributed by atoms with van der Waals surface area (Å²) in [7, 11) is 0. The minimum absolute atomic E-state index is 0.177. The van der Waals surface area contributed by atoms with Gasteiger partial charge in [0.25, 0.3) is 0 Å². The number of ether oxygens (including phenoxy) is 1. The molecule has 1 saturated heterocycles. The van der Waals surface area contributed by atoms with Gasteiger partial charge in [0.1, 0.15) is 5.75 Å². The molecule has 0 radical (unpaired) electrons. The van der Waals surface area contributed by atoms with Gasteiger partial charge in [-0.25, -0.2) is 0 Å². The molecule has 1 aromatic rings. The summed E-state index contributed by atoms with van der Waals surface area (Å²) in [6.07, 6.45) is 2.61. The monoisotopic (exact) mass is 282 g/mol. The number of rotatable bonds is 4. The Bertz CT molecular complexity index is 461. The van der Waals surface area contributed by atoms with Crippen LogP contribution in [0.25, 0.3) is 0 Å². The first-order valence-corrected chi connectivity index (χ1v) is 7.12. The van der Waals surface area contributed by atoms with Crippen molar-refractivity contribution < 1.29 is 13.5 Å². The number of alkyl halides is 2. The molecule has 0 bridgehead atoms. The Morgan fingerprint density at radius 1 is 1.30 bits per heavy atom. The molecule has 1 aromatic carbocycles. The molecule has 20 heavy (non-hydrogen) atoms. The zero-order chi connectivity index (χ0) is 14.2. The number of benzene rings is 1. The quantitative estimate of drug-likeness (QED) is 0.919. The fourth-order valence-electron chi connectivity index (χ4n) is 3.06. The van der Waals surface area contributed by atoms with E-state index in [0.29, 0.717) is 0 Å². The van der Waals surface area contributed by atoms with Gasteiger partial charge in [-0.05, 0) is 49.9 Å². The molecule has 1 unspecified atom stereocenters. The number of piperazine rings is 1. The van der Waals surface area contributed by atoms with E-state index in [1.807, 2.05) is 12.1 Å². The Morgan fingerprint density at radius 2 is 2.00 bits per heavy atom. The summed E-state index contributed by atoms with van der Waals surface area (Å²) < 4.78 is 28.6. The van der Waals surface area contributed by atoms with Crippen LogP contribution in [0.2, 0.25) is 0 Å². The van der Waals surface area contributed by atoms with Crippen molar-refractivity contribution in [3.05, 3.63) is 24.3 Å². The highest BCUT2D eigenvalue weighted by molar-refractivity contribution is 5.50. The number of anilines is 1. The molecule has 1 atom stereocenters. The van der Waals surface area contributed by atoms with Crippen molar-refractivity contribution >= 4 is 5.69 Å². The van der Waals surface area contributed by atoms with E-state index in [2.05, 4.69) is 21.9 Å². The van der Waals surface area contributed by atoms with Crippen molar-refractivity contribution in [2.45, 2.75) is 31.9 Å². The second-order valence-corrected chi connectivity index (χ2v) is 5.91. The topological polar surface area (TPSA) is 24.5 Å². The predicted octanol–water partition coefficient (Wildman–Crippen LogP) is 2.87. The van der Waals surface area contributed by atoms with E-state index < -0.39 is 6.61 Å². The van der Waals surface area contributed by atoms with Crippen molar-refractivity contribution in [1.82, 2.24) is 5.32 Å². The third-order valence-corrected chi connectivity index (χ3v) is 4.34. The lowest BCUT2D eigenvalue weighted by atomic mass is 9.92. The summed E-state index contributed by atoms with van der Waals surface area (Å²) in [6.45, 7) is 2.38. The van der Waals surface area contributed by atoms with E-state index in [0.717, 1.165) is 31.2 Å². The fourth-order valence-corrected chi connectivity index (χ4v) is 3.06. The zero-order valence-corrected chi connectivity index (χ0v) is 11.6. The lowest BCUT2D eigenvalue weighted by molar-refractivity contribution is -0.0498. The van der Waals surface area contributed by atoms with Crippen LogP contribution < -0.4 is 15.0 Å². The molecule has 2 aliphatic rings. The number of hydrogen-bond acceptors (Lipinski definition) is 3. The van der Waals surface area contributed by atoms with Gasteiger partial charge in [-0.2, -0.15) is 8.78 Å². The van der Waals surface area contributed by atoms with Crippen LogP contribution in [0.15, 0.2) is 24.3 Å². The zero-order valence-electron chi connectivity index (χ0n) is 11.6. The predicted molar refractivity (Wildman–Crippen MR) is 74.4 cm³/mol. The van der Waals surface area contributed by atoms with Crippen molar-refractivity contribution in [3.63, 3.8) is 0 Å². The third kappa shape index (κ3) is 2.87. The molecule has 110 valence electrons. The average Bonchev–Trinajstić information content (AvgIpc) is 3.23. The Labute approximate surface area is 117 Å². The van der Waals surface area contributed by atoms with Gasteiger partial charge in [-0.3, -0.25) is 0 Å². The first-order chi connectivity index (χ1) is 9.57. The lowest BCUT2D eigenvalue weighted by Gasteiger charge is -2.43. The molecule has 0 amide bonds. The van der Waals surface area contributed by atoms with Crippen LogP contribution in [0.5, 0.6) is 5.75 Å². The molecule has 5 heteroatoms. The van der Waals surface area contributed by atoms with E-state index in [1.54, 1.807) is 12.1 Å². The van der Waals surface area contributed by atoms with Crippen LogP contribution in [0, 0.1) is 5.92 Å². The Balaban J connectivity index is 1.69. The van der Waals surface area contributed by atoms with Crippen molar-refractivity contribution in [1.29, 1.82) is 0 Å². The van der Waals surface area contributed by atoms with Gasteiger partial charge in [0, 0.05) is 30.9 Å². The lowest BCUT2D eigenvalue weighted by Crippen LogP contribution is -2.60.